The molecule has 0 aliphatic rings. The first-order valence-corrected chi connectivity index (χ1v) is 6.26. The maximum atomic E-state index is 12.0. The number of pyridine rings is 1. The second kappa shape index (κ2) is 6.79. The zero-order valence-corrected chi connectivity index (χ0v) is 10.8. The zero-order chi connectivity index (χ0) is 14.4. The molecule has 0 spiro atoms. The third-order valence-electron chi connectivity index (χ3n) is 2.95. The molecule has 0 aliphatic carbocycles. The van der Waals surface area contributed by atoms with Crippen LogP contribution in [0.5, 0.6) is 0 Å². The van der Waals surface area contributed by atoms with E-state index in [1.54, 1.807) is 30.5 Å². The Kier molecular flexibility index (Phi) is 4.81. The zero-order valence-electron chi connectivity index (χ0n) is 10.8. The smallest absolute Gasteiger partial charge is 0.254 e. The van der Waals surface area contributed by atoms with Crippen LogP contribution in [0.1, 0.15) is 23.3 Å². The lowest BCUT2D eigenvalue weighted by Gasteiger charge is -2.19. The van der Waals surface area contributed by atoms with E-state index in [2.05, 4.69) is 10.3 Å². The van der Waals surface area contributed by atoms with Crippen LogP contribution in [0.3, 0.4) is 0 Å². The van der Waals surface area contributed by atoms with Crippen LogP contribution in [-0.2, 0) is 4.79 Å². The molecule has 104 valence electrons. The second-order valence-electron chi connectivity index (χ2n) is 4.34. The van der Waals surface area contributed by atoms with Gasteiger partial charge < -0.3 is 15.5 Å². The van der Waals surface area contributed by atoms with Crippen molar-refractivity contribution < 1.29 is 15.0 Å². The SMILES string of the molecule is O=C(N[C@@H](CO)c1ccccc1)C(O)c1cccnc1. The summed E-state index contributed by atoms with van der Waals surface area (Å²) in [5.74, 6) is -0.569. The Labute approximate surface area is 116 Å². The van der Waals surface area contributed by atoms with E-state index in [4.69, 9.17) is 0 Å². The van der Waals surface area contributed by atoms with E-state index in [1.807, 2.05) is 18.2 Å². The first kappa shape index (κ1) is 14.2. The average molecular weight is 272 g/mol. The molecule has 0 aliphatic heterocycles. The molecule has 2 aromatic rings. The minimum atomic E-state index is -1.30. The number of aliphatic hydroxyl groups is 2. The third-order valence-corrected chi connectivity index (χ3v) is 2.95. The van der Waals surface area contributed by atoms with Gasteiger partial charge >= 0.3 is 0 Å². The van der Waals surface area contributed by atoms with E-state index in [1.165, 1.54) is 6.20 Å². The summed E-state index contributed by atoms with van der Waals surface area (Å²) in [6.07, 6.45) is 1.69. The van der Waals surface area contributed by atoms with Crippen molar-refractivity contribution in [2.45, 2.75) is 12.1 Å². The molecular formula is C15H16N2O3. The topological polar surface area (TPSA) is 82.5 Å². The molecule has 5 nitrogen and oxygen atoms in total. The second-order valence-corrected chi connectivity index (χ2v) is 4.34. The van der Waals surface area contributed by atoms with Gasteiger partial charge in [-0.1, -0.05) is 36.4 Å². The Morgan fingerprint density at radius 1 is 1.15 bits per heavy atom. The number of aromatic nitrogens is 1. The highest BCUT2D eigenvalue weighted by Crippen LogP contribution is 2.15. The van der Waals surface area contributed by atoms with Crippen molar-refractivity contribution in [2.24, 2.45) is 0 Å². The molecule has 1 unspecified atom stereocenters. The van der Waals surface area contributed by atoms with Crippen LogP contribution in [0.4, 0.5) is 0 Å². The number of nitrogens with zero attached hydrogens (tertiary/aromatic N) is 1. The quantitative estimate of drug-likeness (QED) is 0.757. The van der Waals surface area contributed by atoms with Crippen LogP contribution in [-0.4, -0.2) is 27.7 Å². The van der Waals surface area contributed by atoms with Gasteiger partial charge in [0, 0.05) is 18.0 Å². The standard InChI is InChI=1S/C15H16N2O3/c18-10-13(11-5-2-1-3-6-11)17-15(20)14(19)12-7-4-8-16-9-12/h1-9,13-14,18-19H,10H2,(H,17,20)/t13-,14?/m0/s1. The van der Waals surface area contributed by atoms with E-state index in [0.717, 1.165) is 5.56 Å². The molecule has 20 heavy (non-hydrogen) atoms. The molecule has 1 amide bonds. The van der Waals surface area contributed by atoms with Crippen LogP contribution < -0.4 is 5.32 Å². The predicted molar refractivity (Wildman–Crippen MR) is 73.6 cm³/mol. The van der Waals surface area contributed by atoms with Gasteiger partial charge in [0.15, 0.2) is 6.10 Å². The molecule has 3 N–H and O–H groups in total. The number of benzene rings is 1. The van der Waals surface area contributed by atoms with Gasteiger partial charge in [-0.2, -0.15) is 0 Å². The summed E-state index contributed by atoms with van der Waals surface area (Å²) >= 11 is 0. The van der Waals surface area contributed by atoms with Crippen molar-refractivity contribution in [1.82, 2.24) is 10.3 Å². The minimum absolute atomic E-state index is 0.241. The van der Waals surface area contributed by atoms with Crippen molar-refractivity contribution in [3.05, 3.63) is 66.0 Å². The van der Waals surface area contributed by atoms with Crippen LogP contribution in [0.2, 0.25) is 0 Å². The Balaban J connectivity index is 2.06. The summed E-state index contributed by atoms with van der Waals surface area (Å²) in [6, 6.07) is 11.8. The number of carbonyl (C=O) groups is 1. The Morgan fingerprint density at radius 2 is 1.85 bits per heavy atom. The van der Waals surface area contributed by atoms with Gasteiger partial charge in [0.05, 0.1) is 12.6 Å². The summed E-state index contributed by atoms with van der Waals surface area (Å²) in [5.41, 5.74) is 1.19. The van der Waals surface area contributed by atoms with E-state index >= 15 is 0 Å². The van der Waals surface area contributed by atoms with E-state index in [9.17, 15) is 15.0 Å². The molecule has 2 rings (SSSR count). The first-order valence-electron chi connectivity index (χ1n) is 6.26. The van der Waals surface area contributed by atoms with Crippen LogP contribution in [0.25, 0.3) is 0 Å². The fraction of sp³-hybridized carbons (Fsp3) is 0.200. The molecule has 1 aromatic carbocycles. The maximum Gasteiger partial charge on any atom is 0.254 e. The third kappa shape index (κ3) is 3.40. The fourth-order valence-electron chi connectivity index (χ4n) is 1.86. The molecule has 2 atom stereocenters. The molecule has 5 heteroatoms. The van der Waals surface area contributed by atoms with Crippen molar-refractivity contribution in [2.75, 3.05) is 6.61 Å². The van der Waals surface area contributed by atoms with E-state index < -0.39 is 18.1 Å². The highest BCUT2D eigenvalue weighted by atomic mass is 16.3. The van der Waals surface area contributed by atoms with Gasteiger partial charge in [-0.15, -0.1) is 0 Å². The molecule has 1 heterocycles. The van der Waals surface area contributed by atoms with E-state index in [0.29, 0.717) is 5.56 Å². The highest BCUT2D eigenvalue weighted by molar-refractivity contribution is 5.82. The van der Waals surface area contributed by atoms with Gasteiger partial charge in [0.1, 0.15) is 0 Å². The molecule has 0 bridgehead atoms. The van der Waals surface area contributed by atoms with Gasteiger partial charge in [-0.3, -0.25) is 9.78 Å². The number of hydrogen-bond acceptors (Lipinski definition) is 4. The van der Waals surface area contributed by atoms with Crippen molar-refractivity contribution in [3.63, 3.8) is 0 Å². The summed E-state index contributed by atoms with van der Waals surface area (Å²) in [4.78, 5) is 15.8. The van der Waals surface area contributed by atoms with Crippen molar-refractivity contribution in [3.8, 4) is 0 Å². The lowest BCUT2D eigenvalue weighted by molar-refractivity contribution is -0.130. The Hall–Kier alpha value is -2.24. The number of aliphatic hydroxyl groups excluding tert-OH is 2. The summed E-state index contributed by atoms with van der Waals surface area (Å²) in [7, 11) is 0. The molecule has 0 radical (unpaired) electrons. The number of hydrogen-bond donors (Lipinski definition) is 3. The lowest BCUT2D eigenvalue weighted by Crippen LogP contribution is -2.34. The van der Waals surface area contributed by atoms with Gasteiger partial charge in [-0.05, 0) is 11.6 Å². The molecule has 0 saturated heterocycles. The number of amides is 1. The summed E-state index contributed by atoms with van der Waals surface area (Å²) < 4.78 is 0. The Bertz CT molecular complexity index is 546. The Morgan fingerprint density at radius 3 is 2.45 bits per heavy atom. The summed E-state index contributed by atoms with van der Waals surface area (Å²) in [6.45, 7) is -0.241. The monoisotopic (exact) mass is 272 g/mol. The minimum Gasteiger partial charge on any atom is -0.394 e. The van der Waals surface area contributed by atoms with Gasteiger partial charge in [0.25, 0.3) is 5.91 Å². The molecular weight excluding hydrogens is 256 g/mol. The highest BCUT2D eigenvalue weighted by Gasteiger charge is 2.21. The van der Waals surface area contributed by atoms with Crippen LogP contribution in [0.15, 0.2) is 54.9 Å². The molecule has 1 aromatic heterocycles. The van der Waals surface area contributed by atoms with Crippen molar-refractivity contribution in [1.29, 1.82) is 0 Å². The van der Waals surface area contributed by atoms with Crippen LogP contribution >= 0.6 is 0 Å². The summed E-state index contributed by atoms with van der Waals surface area (Å²) in [5, 5.41) is 21.9. The number of nitrogens with one attached hydrogen (secondary N) is 1. The first-order chi connectivity index (χ1) is 9.72. The largest absolute Gasteiger partial charge is 0.394 e. The van der Waals surface area contributed by atoms with Gasteiger partial charge in [-0.25, -0.2) is 0 Å². The van der Waals surface area contributed by atoms with Crippen molar-refractivity contribution >= 4 is 5.91 Å². The normalized spacial score (nSPS) is 13.5. The van der Waals surface area contributed by atoms with Crippen LogP contribution in [0, 0.1) is 0 Å². The predicted octanol–water partition coefficient (Wildman–Crippen LogP) is 0.965. The fourth-order valence-corrected chi connectivity index (χ4v) is 1.86. The molecule has 0 saturated carbocycles. The number of carbonyl (C=O) groups excluding carboxylic acids is 1. The average Bonchev–Trinajstić information content (AvgIpc) is 2.53. The maximum absolute atomic E-state index is 12.0. The van der Waals surface area contributed by atoms with Gasteiger partial charge in [0.2, 0.25) is 0 Å². The lowest BCUT2D eigenvalue weighted by atomic mass is 10.1. The van der Waals surface area contributed by atoms with E-state index in [-0.39, 0.29) is 6.61 Å². The number of rotatable bonds is 5. The molecule has 0 fully saturated rings.